The Morgan fingerprint density at radius 2 is 1.67 bits per heavy atom. The Bertz CT molecular complexity index is 34.5. The van der Waals surface area contributed by atoms with Crippen LogP contribution < -0.4 is 0 Å². The van der Waals surface area contributed by atoms with Crippen molar-refractivity contribution in [3.8, 4) is 0 Å². The first-order chi connectivity index (χ1) is 1.73. The standard InChI is InChI=1S/C2H3O2.Fe.Na.H/c1-2(3)4;;;/h1H2,(H,3,4);;;. The zero-order valence-electron chi connectivity index (χ0n) is 2.42. The summed E-state index contributed by atoms with van der Waals surface area (Å²) in [5.74, 6) is -1.08. The van der Waals surface area contributed by atoms with E-state index in [1.54, 1.807) is 0 Å². The summed E-state index contributed by atoms with van der Waals surface area (Å²) in [5.41, 5.74) is 0. The third-order valence-electron chi connectivity index (χ3n) is 0. The average Bonchev–Trinajstić information content (AvgIpc) is 0.811. The normalized spacial score (nSPS) is 4.17. The van der Waals surface area contributed by atoms with Crippen LogP contribution in [0.2, 0.25) is 0 Å². The van der Waals surface area contributed by atoms with Gasteiger partial charge in [0.1, 0.15) is 0 Å². The third kappa shape index (κ3) is 81.1. The number of carboxylic acids is 1. The molecule has 2 nitrogen and oxygen atoms in total. The molecule has 0 amide bonds. The molecule has 1 N–H and O–H groups in total. The van der Waals surface area contributed by atoms with Crippen molar-refractivity contribution in [2.45, 2.75) is 0 Å². The van der Waals surface area contributed by atoms with Gasteiger partial charge in [0.2, 0.25) is 0 Å². The van der Waals surface area contributed by atoms with Gasteiger partial charge in [0, 0.05) is 17.1 Å². The quantitative estimate of drug-likeness (QED) is 0.448. The van der Waals surface area contributed by atoms with Crippen molar-refractivity contribution in [3.05, 3.63) is 6.92 Å². The topological polar surface area (TPSA) is 37.3 Å². The predicted octanol–water partition coefficient (Wildman–Crippen LogP) is -0.746. The fourth-order valence-corrected chi connectivity index (χ4v) is 0. The summed E-state index contributed by atoms with van der Waals surface area (Å²) in [6.07, 6.45) is 0. The molecule has 0 saturated carbocycles. The molecule has 0 unspecified atom stereocenters. The van der Waals surface area contributed by atoms with Crippen LogP contribution in [-0.2, 0) is 21.9 Å². The van der Waals surface area contributed by atoms with E-state index in [-0.39, 0.29) is 46.6 Å². The summed E-state index contributed by atoms with van der Waals surface area (Å²) >= 11 is 0. The second-order valence-electron chi connectivity index (χ2n) is 0.394. The van der Waals surface area contributed by atoms with Gasteiger partial charge in [-0.3, -0.25) is 4.79 Å². The average molecular weight is 139 g/mol. The summed E-state index contributed by atoms with van der Waals surface area (Å²) in [6, 6.07) is 0. The van der Waals surface area contributed by atoms with Gasteiger partial charge in [-0.05, 0) is 0 Å². The predicted molar refractivity (Wildman–Crippen MR) is 20.1 cm³/mol. The molecule has 0 bridgehead atoms. The second-order valence-corrected chi connectivity index (χ2v) is 0.394. The number of aliphatic carboxylic acids is 1. The molecule has 0 aliphatic heterocycles. The van der Waals surface area contributed by atoms with Gasteiger partial charge in [0.05, 0.1) is 6.92 Å². The van der Waals surface area contributed by atoms with Crippen molar-refractivity contribution in [3.63, 3.8) is 0 Å². The Kier molecular flexibility index (Phi) is 24.6. The molecule has 0 heterocycles. The van der Waals surface area contributed by atoms with Crippen LogP contribution >= 0.6 is 0 Å². The van der Waals surface area contributed by atoms with E-state index in [1.165, 1.54) is 0 Å². The zero-order chi connectivity index (χ0) is 3.58. The summed E-state index contributed by atoms with van der Waals surface area (Å²) in [7, 11) is 0. The van der Waals surface area contributed by atoms with Crippen LogP contribution in [0.3, 0.4) is 0 Å². The molecule has 0 spiro atoms. The molecule has 0 aromatic carbocycles. The molecule has 0 saturated heterocycles. The third-order valence-corrected chi connectivity index (χ3v) is 0. The summed E-state index contributed by atoms with van der Waals surface area (Å²) in [6.45, 7) is 2.56. The second kappa shape index (κ2) is 9.37. The Morgan fingerprint density at radius 1 is 1.67 bits per heavy atom. The molecule has 0 fully saturated rings. The van der Waals surface area contributed by atoms with Crippen molar-refractivity contribution in [1.82, 2.24) is 0 Å². The van der Waals surface area contributed by atoms with Gasteiger partial charge in [0.25, 0.3) is 0 Å². The Labute approximate surface area is 69.1 Å². The summed E-state index contributed by atoms with van der Waals surface area (Å²) < 4.78 is 0. The van der Waals surface area contributed by atoms with Gasteiger partial charge < -0.3 is 5.11 Å². The first kappa shape index (κ1) is 15.8. The molecular weight excluding hydrogens is 135 g/mol. The molecule has 6 heavy (non-hydrogen) atoms. The maximum atomic E-state index is 8.89. The molecule has 1 radical (unpaired) electrons. The number of carboxylic acid groups (broad SMARTS) is 1. The minimum atomic E-state index is -1.08. The molecule has 0 aliphatic carbocycles. The fourth-order valence-electron chi connectivity index (χ4n) is 0. The van der Waals surface area contributed by atoms with Crippen molar-refractivity contribution in [2.75, 3.05) is 0 Å². The van der Waals surface area contributed by atoms with Crippen LogP contribution in [0.5, 0.6) is 0 Å². The van der Waals surface area contributed by atoms with E-state index >= 15 is 0 Å². The number of hydrogen-bond donors (Lipinski definition) is 1. The Balaban J connectivity index is -0.0000000450. The van der Waals surface area contributed by atoms with E-state index in [1.807, 2.05) is 0 Å². The first-order valence-corrected chi connectivity index (χ1v) is 0.781. The SMILES string of the molecule is [CH2]C(=O)O.[Fe].[NaH]. The summed E-state index contributed by atoms with van der Waals surface area (Å²) in [5, 5.41) is 7.31. The number of rotatable bonds is 0. The summed E-state index contributed by atoms with van der Waals surface area (Å²) in [4.78, 5) is 8.89. The van der Waals surface area contributed by atoms with Crippen molar-refractivity contribution in [1.29, 1.82) is 0 Å². The van der Waals surface area contributed by atoms with Crippen LogP contribution in [0.4, 0.5) is 0 Å². The molecule has 33 valence electrons. The number of carbonyl (C=O) groups is 1. The van der Waals surface area contributed by atoms with Gasteiger partial charge in [-0.15, -0.1) is 0 Å². The first-order valence-electron chi connectivity index (χ1n) is 0.781. The van der Waals surface area contributed by atoms with Gasteiger partial charge in [-0.2, -0.15) is 0 Å². The van der Waals surface area contributed by atoms with Gasteiger partial charge in [-0.25, -0.2) is 0 Å². The van der Waals surface area contributed by atoms with E-state index < -0.39 is 5.97 Å². The molecular formula is C2H4FeNaO2. The minimum absolute atomic E-state index is 0. The molecule has 0 aliphatic rings. The van der Waals surface area contributed by atoms with Crippen LogP contribution in [0.15, 0.2) is 0 Å². The van der Waals surface area contributed by atoms with E-state index in [0.29, 0.717) is 0 Å². The van der Waals surface area contributed by atoms with Crippen molar-refractivity contribution >= 4 is 35.5 Å². The maximum absolute atomic E-state index is 8.89. The van der Waals surface area contributed by atoms with Crippen LogP contribution in [0.1, 0.15) is 0 Å². The molecule has 0 rings (SSSR count). The van der Waals surface area contributed by atoms with Gasteiger partial charge in [0.15, 0.2) is 0 Å². The van der Waals surface area contributed by atoms with E-state index in [0.717, 1.165) is 0 Å². The fraction of sp³-hybridized carbons (Fsp3) is 0. The van der Waals surface area contributed by atoms with E-state index in [9.17, 15) is 0 Å². The Hall–Kier alpha value is 0.989. The molecule has 0 atom stereocenters. The Morgan fingerprint density at radius 3 is 1.67 bits per heavy atom. The van der Waals surface area contributed by atoms with Crippen LogP contribution in [-0.4, -0.2) is 40.6 Å². The van der Waals surface area contributed by atoms with Crippen LogP contribution in [0, 0.1) is 6.92 Å². The van der Waals surface area contributed by atoms with Gasteiger partial charge in [-0.1, -0.05) is 0 Å². The molecule has 0 aromatic heterocycles. The molecule has 4 heteroatoms. The van der Waals surface area contributed by atoms with E-state index in [4.69, 9.17) is 9.90 Å². The molecule has 0 aromatic rings. The van der Waals surface area contributed by atoms with E-state index in [2.05, 4.69) is 6.92 Å². The number of hydrogen-bond acceptors (Lipinski definition) is 1. The van der Waals surface area contributed by atoms with Crippen molar-refractivity contribution < 1.29 is 27.0 Å². The van der Waals surface area contributed by atoms with Crippen LogP contribution in [0.25, 0.3) is 0 Å². The monoisotopic (exact) mass is 139 g/mol. The zero-order valence-corrected chi connectivity index (χ0v) is 3.52. The van der Waals surface area contributed by atoms with Crippen molar-refractivity contribution in [2.24, 2.45) is 0 Å². The van der Waals surface area contributed by atoms with Gasteiger partial charge >= 0.3 is 35.5 Å².